The molecule has 1 aliphatic rings. The van der Waals surface area contributed by atoms with E-state index in [-0.39, 0.29) is 18.2 Å². The quantitative estimate of drug-likeness (QED) is 0.898. The predicted octanol–water partition coefficient (Wildman–Crippen LogP) is 1.80. The highest BCUT2D eigenvalue weighted by Crippen LogP contribution is 2.29. The number of nitrogens with zero attached hydrogens (tertiary/aromatic N) is 1. The van der Waals surface area contributed by atoms with Crippen molar-refractivity contribution < 1.29 is 14.7 Å². The van der Waals surface area contributed by atoms with Crippen LogP contribution in [-0.4, -0.2) is 34.3 Å². The molecule has 1 aromatic carbocycles. The molecule has 2 atom stereocenters. The highest BCUT2D eigenvalue weighted by Gasteiger charge is 2.46. The molecule has 0 radical (unpaired) electrons. The van der Waals surface area contributed by atoms with Gasteiger partial charge in [0.15, 0.2) is 5.78 Å². The van der Waals surface area contributed by atoms with E-state index < -0.39 is 17.9 Å². The Labute approximate surface area is 113 Å². The van der Waals surface area contributed by atoms with Gasteiger partial charge in [-0.05, 0) is 11.5 Å². The molecule has 1 N–H and O–H groups in total. The van der Waals surface area contributed by atoms with Gasteiger partial charge in [0.05, 0.1) is 6.54 Å². The first kappa shape index (κ1) is 13.7. The van der Waals surface area contributed by atoms with Crippen LogP contribution in [0.15, 0.2) is 30.3 Å². The number of carbonyl (C=O) groups is 2. The molecule has 0 amide bonds. The third-order valence-corrected chi connectivity index (χ3v) is 3.66. The maximum absolute atomic E-state index is 12.0. The summed E-state index contributed by atoms with van der Waals surface area (Å²) in [5, 5.41) is 9.40. The number of carbonyl (C=O) groups excluding carboxylic acids is 1. The number of rotatable bonds is 4. The molecule has 1 aromatic rings. The lowest BCUT2D eigenvalue weighted by molar-refractivity contribution is -0.145. The Morgan fingerprint density at radius 2 is 2.00 bits per heavy atom. The number of aliphatic carboxylic acids is 1. The topological polar surface area (TPSA) is 57.6 Å². The van der Waals surface area contributed by atoms with E-state index in [0.717, 1.165) is 5.56 Å². The van der Waals surface area contributed by atoms with Gasteiger partial charge >= 0.3 is 5.97 Å². The zero-order valence-electron chi connectivity index (χ0n) is 11.2. The summed E-state index contributed by atoms with van der Waals surface area (Å²) in [5.74, 6) is -1.21. The number of benzene rings is 1. The Bertz CT molecular complexity index is 470. The summed E-state index contributed by atoms with van der Waals surface area (Å²) in [7, 11) is 0. The van der Waals surface area contributed by atoms with Crippen LogP contribution in [0.25, 0.3) is 0 Å². The van der Waals surface area contributed by atoms with Gasteiger partial charge in [-0.25, -0.2) is 0 Å². The van der Waals surface area contributed by atoms with Gasteiger partial charge < -0.3 is 5.11 Å². The van der Waals surface area contributed by atoms with Crippen molar-refractivity contribution in [1.82, 2.24) is 4.90 Å². The second-order valence-electron chi connectivity index (χ2n) is 5.41. The van der Waals surface area contributed by atoms with Crippen LogP contribution >= 0.6 is 0 Å². The van der Waals surface area contributed by atoms with E-state index in [1.807, 2.05) is 44.2 Å². The SMILES string of the molecule is CC(C)[C@H]1C(=O)CN(Cc2ccccc2)[C@@H]1C(=O)O. The molecule has 0 unspecified atom stereocenters. The molecule has 4 heteroatoms. The van der Waals surface area contributed by atoms with Crippen LogP contribution in [0.2, 0.25) is 0 Å². The minimum Gasteiger partial charge on any atom is -0.480 e. The molecule has 0 saturated carbocycles. The van der Waals surface area contributed by atoms with Gasteiger partial charge in [0, 0.05) is 12.5 Å². The van der Waals surface area contributed by atoms with Crippen molar-refractivity contribution >= 4 is 11.8 Å². The molecule has 102 valence electrons. The first-order chi connectivity index (χ1) is 9.00. The average molecular weight is 261 g/mol. The molecule has 0 spiro atoms. The third-order valence-electron chi connectivity index (χ3n) is 3.66. The summed E-state index contributed by atoms with van der Waals surface area (Å²) in [4.78, 5) is 25.3. The molecule has 4 nitrogen and oxygen atoms in total. The smallest absolute Gasteiger partial charge is 0.321 e. The maximum atomic E-state index is 12.0. The minimum absolute atomic E-state index is 0.0401. The van der Waals surface area contributed by atoms with Crippen molar-refractivity contribution in [3.8, 4) is 0 Å². The highest BCUT2D eigenvalue weighted by atomic mass is 16.4. The fraction of sp³-hybridized carbons (Fsp3) is 0.467. The number of ketones is 1. The van der Waals surface area contributed by atoms with Gasteiger partial charge in [-0.1, -0.05) is 44.2 Å². The van der Waals surface area contributed by atoms with Crippen molar-refractivity contribution in [3.05, 3.63) is 35.9 Å². The van der Waals surface area contributed by atoms with Gasteiger partial charge in [0.25, 0.3) is 0 Å². The van der Waals surface area contributed by atoms with E-state index in [1.165, 1.54) is 0 Å². The zero-order valence-corrected chi connectivity index (χ0v) is 11.2. The largest absolute Gasteiger partial charge is 0.480 e. The summed E-state index contributed by atoms with van der Waals surface area (Å²) in [6.07, 6.45) is 0. The van der Waals surface area contributed by atoms with Gasteiger partial charge in [-0.2, -0.15) is 0 Å². The Morgan fingerprint density at radius 3 is 2.53 bits per heavy atom. The first-order valence-electron chi connectivity index (χ1n) is 6.54. The summed E-state index contributed by atoms with van der Waals surface area (Å²) < 4.78 is 0. The number of Topliss-reactive ketones (excluding diaryl/α,β-unsaturated/α-hetero) is 1. The fourth-order valence-corrected chi connectivity index (χ4v) is 2.83. The van der Waals surface area contributed by atoms with Gasteiger partial charge in [0.1, 0.15) is 6.04 Å². The second kappa shape index (κ2) is 5.53. The van der Waals surface area contributed by atoms with Crippen molar-refractivity contribution in [2.24, 2.45) is 11.8 Å². The number of carboxylic acids is 1. The molecule has 2 rings (SSSR count). The Kier molecular flexibility index (Phi) is 4.00. The molecule has 19 heavy (non-hydrogen) atoms. The van der Waals surface area contributed by atoms with E-state index in [0.29, 0.717) is 6.54 Å². The van der Waals surface area contributed by atoms with Gasteiger partial charge in [-0.15, -0.1) is 0 Å². The predicted molar refractivity (Wildman–Crippen MR) is 71.6 cm³/mol. The van der Waals surface area contributed by atoms with Crippen LogP contribution in [0.3, 0.4) is 0 Å². The zero-order chi connectivity index (χ0) is 14.0. The Balaban J connectivity index is 2.21. The van der Waals surface area contributed by atoms with Gasteiger partial charge in [-0.3, -0.25) is 14.5 Å². The van der Waals surface area contributed by atoms with Crippen molar-refractivity contribution in [1.29, 1.82) is 0 Å². The van der Waals surface area contributed by atoms with Crippen LogP contribution < -0.4 is 0 Å². The molecule has 1 saturated heterocycles. The number of likely N-dealkylation sites (tertiary alicyclic amines) is 1. The van der Waals surface area contributed by atoms with Crippen LogP contribution in [0.1, 0.15) is 19.4 Å². The van der Waals surface area contributed by atoms with Crippen LogP contribution in [0.5, 0.6) is 0 Å². The lowest BCUT2D eigenvalue weighted by atomic mass is 9.88. The standard InChI is InChI=1S/C15H19NO3/c1-10(2)13-12(17)9-16(14(13)15(18)19)8-11-6-4-3-5-7-11/h3-7,10,13-14H,8-9H2,1-2H3,(H,18,19)/t13-,14-/m0/s1. The van der Waals surface area contributed by atoms with E-state index in [1.54, 1.807) is 4.90 Å². The molecule has 0 aliphatic carbocycles. The van der Waals surface area contributed by atoms with Crippen LogP contribution in [0, 0.1) is 11.8 Å². The minimum atomic E-state index is -0.902. The Morgan fingerprint density at radius 1 is 1.37 bits per heavy atom. The van der Waals surface area contributed by atoms with Crippen LogP contribution in [-0.2, 0) is 16.1 Å². The summed E-state index contributed by atoms with van der Waals surface area (Å²) in [5.41, 5.74) is 1.03. The molecule has 1 heterocycles. The van der Waals surface area contributed by atoms with Crippen molar-refractivity contribution in [2.75, 3.05) is 6.54 Å². The van der Waals surface area contributed by atoms with E-state index in [4.69, 9.17) is 0 Å². The van der Waals surface area contributed by atoms with E-state index >= 15 is 0 Å². The highest BCUT2D eigenvalue weighted by molar-refractivity contribution is 5.93. The summed E-state index contributed by atoms with van der Waals surface area (Å²) >= 11 is 0. The number of carboxylic acid groups (broad SMARTS) is 1. The van der Waals surface area contributed by atoms with Crippen molar-refractivity contribution in [3.63, 3.8) is 0 Å². The molecule has 0 aromatic heterocycles. The molecular weight excluding hydrogens is 242 g/mol. The monoisotopic (exact) mass is 261 g/mol. The summed E-state index contributed by atoms with van der Waals surface area (Å²) in [6.45, 7) is 4.55. The van der Waals surface area contributed by atoms with Gasteiger partial charge in [0.2, 0.25) is 0 Å². The molecule has 0 bridgehead atoms. The molecule has 1 fully saturated rings. The fourth-order valence-electron chi connectivity index (χ4n) is 2.83. The van der Waals surface area contributed by atoms with Crippen LogP contribution in [0.4, 0.5) is 0 Å². The lowest BCUT2D eigenvalue weighted by Crippen LogP contribution is -2.41. The Hall–Kier alpha value is -1.68. The van der Waals surface area contributed by atoms with E-state index in [2.05, 4.69) is 0 Å². The maximum Gasteiger partial charge on any atom is 0.321 e. The normalized spacial score (nSPS) is 24.1. The first-order valence-corrected chi connectivity index (χ1v) is 6.54. The molecular formula is C15H19NO3. The summed E-state index contributed by atoms with van der Waals surface area (Å²) in [6, 6.07) is 8.96. The van der Waals surface area contributed by atoms with E-state index in [9.17, 15) is 14.7 Å². The third kappa shape index (κ3) is 2.84. The number of hydrogen-bond donors (Lipinski definition) is 1. The number of hydrogen-bond acceptors (Lipinski definition) is 3. The lowest BCUT2D eigenvalue weighted by Gasteiger charge is -2.25. The average Bonchev–Trinajstić information content (AvgIpc) is 2.67. The second-order valence-corrected chi connectivity index (χ2v) is 5.41. The van der Waals surface area contributed by atoms with Crippen molar-refractivity contribution in [2.45, 2.75) is 26.4 Å². The molecule has 1 aliphatic heterocycles.